The molecule has 1 aliphatic rings. The maximum absolute atomic E-state index is 12.6. The van der Waals surface area contributed by atoms with Crippen LogP contribution in [0.2, 0.25) is 0 Å². The SMILES string of the molecule is CCOC(=O)C1=C(C)NC(SCC(=O)Nc2ccccc2OC)=N[C@H]1c1ccccc1. The number of hydrogen-bond donors (Lipinski definition) is 2. The molecule has 1 heterocycles. The molecule has 2 aromatic carbocycles. The van der Waals surface area contributed by atoms with Crippen molar-refractivity contribution in [1.29, 1.82) is 0 Å². The molecule has 0 saturated carbocycles. The molecule has 2 N–H and O–H groups in total. The fourth-order valence-electron chi connectivity index (χ4n) is 3.14. The van der Waals surface area contributed by atoms with E-state index in [0.29, 0.717) is 27.9 Å². The predicted octanol–water partition coefficient (Wildman–Crippen LogP) is 3.90. The number of amidine groups is 1. The van der Waals surface area contributed by atoms with Crippen LogP contribution in [-0.4, -0.2) is 36.5 Å². The third-order valence-electron chi connectivity index (χ3n) is 4.55. The van der Waals surface area contributed by atoms with E-state index in [1.54, 1.807) is 26.2 Å². The second-order valence-electron chi connectivity index (χ2n) is 6.67. The topological polar surface area (TPSA) is 89.0 Å². The standard InChI is InChI=1S/C23H25N3O4S/c1-4-30-22(28)20-15(2)24-23(26-21(20)16-10-6-5-7-11-16)31-14-19(27)25-17-12-8-9-13-18(17)29-3/h5-13,21H,4,14H2,1-3H3,(H,24,26)(H,25,27)/t21-/m0/s1. The number of hydrogen-bond acceptors (Lipinski definition) is 7. The molecule has 0 bridgehead atoms. The van der Waals surface area contributed by atoms with Gasteiger partial charge in [-0.1, -0.05) is 54.2 Å². The molecule has 0 unspecified atom stereocenters. The minimum atomic E-state index is -0.499. The zero-order valence-corrected chi connectivity index (χ0v) is 18.5. The highest BCUT2D eigenvalue weighted by Crippen LogP contribution is 2.33. The minimum absolute atomic E-state index is 0.146. The van der Waals surface area contributed by atoms with Gasteiger partial charge < -0.3 is 20.1 Å². The summed E-state index contributed by atoms with van der Waals surface area (Å²) >= 11 is 1.27. The highest BCUT2D eigenvalue weighted by Gasteiger charge is 2.30. The number of ether oxygens (including phenoxy) is 2. The Labute approximate surface area is 185 Å². The molecular weight excluding hydrogens is 414 g/mol. The van der Waals surface area contributed by atoms with Crippen molar-refractivity contribution >= 4 is 34.5 Å². The molecule has 162 valence electrons. The largest absolute Gasteiger partial charge is 0.495 e. The highest BCUT2D eigenvalue weighted by molar-refractivity contribution is 8.14. The summed E-state index contributed by atoms with van der Waals surface area (Å²) in [6.45, 7) is 3.87. The van der Waals surface area contributed by atoms with E-state index in [1.165, 1.54) is 11.8 Å². The van der Waals surface area contributed by atoms with Crippen molar-refractivity contribution in [3.8, 4) is 5.75 Å². The Morgan fingerprint density at radius 1 is 1.13 bits per heavy atom. The number of carbonyl (C=O) groups is 2. The normalized spacial score (nSPS) is 15.6. The van der Waals surface area contributed by atoms with Gasteiger partial charge in [-0.15, -0.1) is 0 Å². The molecule has 3 rings (SSSR count). The van der Waals surface area contributed by atoms with E-state index in [4.69, 9.17) is 14.5 Å². The first-order valence-corrected chi connectivity index (χ1v) is 10.8. The lowest BCUT2D eigenvalue weighted by molar-refractivity contribution is -0.139. The first-order chi connectivity index (χ1) is 15.0. The fraction of sp³-hybridized carbons (Fsp3) is 0.261. The van der Waals surface area contributed by atoms with E-state index in [-0.39, 0.29) is 18.3 Å². The van der Waals surface area contributed by atoms with Crippen LogP contribution in [0, 0.1) is 0 Å². The van der Waals surface area contributed by atoms with Crippen LogP contribution in [0.3, 0.4) is 0 Å². The van der Waals surface area contributed by atoms with Gasteiger partial charge in [0.05, 0.1) is 30.7 Å². The van der Waals surface area contributed by atoms with Gasteiger partial charge in [0.15, 0.2) is 5.17 Å². The number of esters is 1. The molecule has 0 aliphatic carbocycles. The highest BCUT2D eigenvalue weighted by atomic mass is 32.2. The molecule has 0 radical (unpaired) electrons. The van der Waals surface area contributed by atoms with E-state index >= 15 is 0 Å². The van der Waals surface area contributed by atoms with E-state index in [2.05, 4.69) is 10.6 Å². The molecule has 1 atom stereocenters. The lowest BCUT2D eigenvalue weighted by atomic mass is 9.97. The van der Waals surface area contributed by atoms with Gasteiger partial charge >= 0.3 is 5.97 Å². The molecule has 0 spiro atoms. The molecule has 0 aromatic heterocycles. The number of thioether (sulfide) groups is 1. The number of amides is 1. The Kier molecular flexibility index (Phi) is 7.72. The summed E-state index contributed by atoms with van der Waals surface area (Å²) in [4.78, 5) is 29.7. The Hall–Kier alpha value is -3.26. The number of nitrogens with one attached hydrogen (secondary N) is 2. The zero-order chi connectivity index (χ0) is 22.2. The Balaban J connectivity index is 1.74. The molecule has 8 heteroatoms. The van der Waals surface area contributed by atoms with Crippen molar-refractivity contribution in [2.75, 3.05) is 24.8 Å². The van der Waals surface area contributed by atoms with Gasteiger partial charge in [0, 0.05) is 5.70 Å². The van der Waals surface area contributed by atoms with Gasteiger partial charge in [-0.05, 0) is 31.5 Å². The summed E-state index contributed by atoms with van der Waals surface area (Å²) in [6, 6.07) is 16.3. The van der Waals surface area contributed by atoms with Gasteiger partial charge in [-0.2, -0.15) is 0 Å². The fourth-order valence-corrected chi connectivity index (χ4v) is 3.88. The van der Waals surface area contributed by atoms with Crippen molar-refractivity contribution in [2.24, 2.45) is 4.99 Å². The summed E-state index contributed by atoms with van der Waals surface area (Å²) in [7, 11) is 1.56. The van der Waals surface area contributed by atoms with Crippen LogP contribution in [-0.2, 0) is 14.3 Å². The van der Waals surface area contributed by atoms with Crippen LogP contribution in [0.5, 0.6) is 5.75 Å². The first kappa shape index (κ1) is 22.4. The molecule has 7 nitrogen and oxygen atoms in total. The molecule has 31 heavy (non-hydrogen) atoms. The van der Waals surface area contributed by atoms with Gasteiger partial charge in [0.25, 0.3) is 0 Å². The van der Waals surface area contributed by atoms with Crippen LogP contribution in [0.1, 0.15) is 25.5 Å². The molecule has 0 saturated heterocycles. The van der Waals surface area contributed by atoms with E-state index < -0.39 is 12.0 Å². The Morgan fingerprint density at radius 3 is 2.55 bits per heavy atom. The average molecular weight is 440 g/mol. The van der Waals surface area contributed by atoms with Crippen LogP contribution in [0.25, 0.3) is 0 Å². The summed E-state index contributed by atoms with van der Waals surface area (Å²) < 4.78 is 10.5. The lowest BCUT2D eigenvalue weighted by Gasteiger charge is -2.25. The number of carbonyl (C=O) groups excluding carboxylic acids is 2. The van der Waals surface area contributed by atoms with Crippen molar-refractivity contribution < 1.29 is 19.1 Å². The van der Waals surface area contributed by atoms with Crippen LogP contribution in [0.15, 0.2) is 70.9 Å². The summed E-state index contributed by atoms with van der Waals surface area (Å²) in [5.74, 6) is 0.153. The van der Waals surface area contributed by atoms with Gasteiger partial charge in [0.1, 0.15) is 11.8 Å². The monoisotopic (exact) mass is 439 g/mol. The van der Waals surface area contributed by atoms with E-state index in [0.717, 1.165) is 5.56 Å². The number of anilines is 1. The number of aliphatic imine (C=N–C) groups is 1. The maximum atomic E-state index is 12.6. The quantitative estimate of drug-likeness (QED) is 0.636. The predicted molar refractivity (Wildman–Crippen MR) is 123 cm³/mol. The number of nitrogens with zero attached hydrogens (tertiary/aromatic N) is 1. The van der Waals surface area contributed by atoms with Gasteiger partial charge in [-0.25, -0.2) is 9.79 Å². The maximum Gasteiger partial charge on any atom is 0.338 e. The number of allylic oxidation sites excluding steroid dienone is 1. The van der Waals surface area contributed by atoms with Crippen LogP contribution >= 0.6 is 11.8 Å². The van der Waals surface area contributed by atoms with Crippen molar-refractivity contribution in [2.45, 2.75) is 19.9 Å². The van der Waals surface area contributed by atoms with E-state index in [1.807, 2.05) is 49.4 Å². The second kappa shape index (κ2) is 10.7. The summed E-state index contributed by atoms with van der Waals surface area (Å²) in [5, 5.41) is 6.54. The molecule has 1 aliphatic heterocycles. The van der Waals surface area contributed by atoms with Crippen LogP contribution in [0.4, 0.5) is 5.69 Å². The van der Waals surface area contributed by atoms with Gasteiger partial charge in [0.2, 0.25) is 5.91 Å². The van der Waals surface area contributed by atoms with Crippen molar-refractivity contribution in [3.63, 3.8) is 0 Å². The van der Waals surface area contributed by atoms with Crippen molar-refractivity contribution in [1.82, 2.24) is 5.32 Å². The number of para-hydroxylation sites is 2. The molecule has 0 fully saturated rings. The smallest absolute Gasteiger partial charge is 0.338 e. The molecule has 1 amide bonds. The number of rotatable bonds is 7. The minimum Gasteiger partial charge on any atom is -0.495 e. The molecular formula is C23H25N3O4S. The van der Waals surface area contributed by atoms with Crippen LogP contribution < -0.4 is 15.4 Å². The number of benzene rings is 2. The average Bonchev–Trinajstić information content (AvgIpc) is 2.78. The number of methoxy groups -OCH3 is 1. The van der Waals surface area contributed by atoms with Gasteiger partial charge in [-0.3, -0.25) is 4.79 Å². The zero-order valence-electron chi connectivity index (χ0n) is 17.7. The first-order valence-electron chi connectivity index (χ1n) is 9.86. The lowest BCUT2D eigenvalue weighted by Crippen LogP contribution is -2.31. The Bertz CT molecular complexity index is 1000. The molecule has 2 aromatic rings. The summed E-state index contributed by atoms with van der Waals surface area (Å²) in [5.41, 5.74) is 2.62. The third-order valence-corrected chi connectivity index (χ3v) is 5.44. The third kappa shape index (κ3) is 5.67. The van der Waals surface area contributed by atoms with E-state index in [9.17, 15) is 9.59 Å². The Morgan fingerprint density at radius 2 is 1.84 bits per heavy atom. The van der Waals surface area contributed by atoms with Crippen molar-refractivity contribution in [3.05, 3.63) is 71.4 Å². The summed E-state index contributed by atoms with van der Waals surface area (Å²) in [6.07, 6.45) is 0. The second-order valence-corrected chi connectivity index (χ2v) is 7.63.